The molecule has 0 saturated carbocycles. The first-order chi connectivity index (χ1) is 14.1. The lowest BCUT2D eigenvalue weighted by molar-refractivity contribution is -0.141. The minimum absolute atomic E-state index is 0.0802. The van der Waals surface area contributed by atoms with Crippen LogP contribution in [-0.4, -0.2) is 41.9 Å². The average Bonchev–Trinajstić information content (AvgIpc) is 2.72. The van der Waals surface area contributed by atoms with Crippen LogP contribution in [-0.2, 0) is 17.8 Å². The maximum Gasteiger partial charge on any atom is 0.226 e. The monoisotopic (exact) mass is 390 g/mol. The molecule has 4 rings (SSSR count). The van der Waals surface area contributed by atoms with Gasteiger partial charge in [0.05, 0.1) is 0 Å². The lowest BCUT2D eigenvalue weighted by atomic mass is 9.82. The van der Waals surface area contributed by atoms with Crippen LogP contribution in [0.25, 0.3) is 0 Å². The van der Waals surface area contributed by atoms with Crippen LogP contribution in [0.4, 0.5) is 0 Å². The van der Waals surface area contributed by atoms with Crippen molar-refractivity contribution in [3.8, 4) is 0 Å². The zero-order valence-electron chi connectivity index (χ0n) is 17.8. The smallest absolute Gasteiger partial charge is 0.226 e. The van der Waals surface area contributed by atoms with Gasteiger partial charge in [0, 0.05) is 38.6 Å². The highest BCUT2D eigenvalue weighted by molar-refractivity contribution is 5.79. The third-order valence-electron chi connectivity index (χ3n) is 6.64. The lowest BCUT2D eigenvalue weighted by Crippen LogP contribution is -2.55. The molecule has 2 aliphatic rings. The van der Waals surface area contributed by atoms with Gasteiger partial charge in [-0.2, -0.15) is 0 Å². The number of rotatable bonds is 6. The molecule has 2 aliphatic heterocycles. The molecule has 0 aliphatic carbocycles. The molecule has 3 nitrogen and oxygen atoms in total. The molecule has 0 N–H and O–H groups in total. The van der Waals surface area contributed by atoms with Gasteiger partial charge < -0.3 is 4.90 Å². The number of amides is 1. The summed E-state index contributed by atoms with van der Waals surface area (Å²) in [6.45, 7) is 9.50. The topological polar surface area (TPSA) is 23.6 Å². The SMILES string of the molecule is CC(C)[C@H](Cc1ccccc1)C(=O)N1CC2CC(CN(Cc3ccccc3)C2)C1. The Hall–Kier alpha value is -2.13. The van der Waals surface area contributed by atoms with E-state index in [1.54, 1.807) is 0 Å². The molecule has 2 saturated heterocycles. The van der Waals surface area contributed by atoms with Crippen molar-refractivity contribution in [3.05, 3.63) is 71.8 Å². The van der Waals surface area contributed by atoms with Crippen molar-refractivity contribution in [1.29, 1.82) is 0 Å². The standard InChI is InChI=1S/C26H34N2O/c1-20(2)25(14-21-9-5-3-6-10-21)26(29)28-18-23-13-24(19-28)17-27(16-23)15-22-11-7-4-8-12-22/h3-12,20,23-25H,13-19H2,1-2H3/t23?,24?,25-/m0/s1. The van der Waals surface area contributed by atoms with E-state index in [9.17, 15) is 4.79 Å². The maximum absolute atomic E-state index is 13.5. The number of carbonyl (C=O) groups is 1. The molecule has 2 aromatic rings. The summed E-state index contributed by atoms with van der Waals surface area (Å²) < 4.78 is 0. The van der Waals surface area contributed by atoms with E-state index >= 15 is 0 Å². The highest BCUT2D eigenvalue weighted by Gasteiger charge is 2.38. The molecule has 29 heavy (non-hydrogen) atoms. The minimum Gasteiger partial charge on any atom is -0.342 e. The molecule has 3 heteroatoms. The Balaban J connectivity index is 1.38. The molecule has 2 bridgehead atoms. The van der Waals surface area contributed by atoms with E-state index < -0.39 is 0 Å². The van der Waals surface area contributed by atoms with Crippen LogP contribution < -0.4 is 0 Å². The van der Waals surface area contributed by atoms with Gasteiger partial charge in [-0.25, -0.2) is 0 Å². The Labute approximate surface area is 175 Å². The van der Waals surface area contributed by atoms with Crippen LogP contribution in [0.5, 0.6) is 0 Å². The minimum atomic E-state index is 0.0802. The molecule has 2 unspecified atom stereocenters. The first kappa shape index (κ1) is 20.2. The fraction of sp³-hybridized carbons (Fsp3) is 0.500. The number of likely N-dealkylation sites (tertiary alicyclic amines) is 2. The maximum atomic E-state index is 13.5. The van der Waals surface area contributed by atoms with Crippen molar-refractivity contribution < 1.29 is 4.79 Å². The summed E-state index contributed by atoms with van der Waals surface area (Å²) in [6.07, 6.45) is 2.13. The van der Waals surface area contributed by atoms with Crippen LogP contribution in [0.3, 0.4) is 0 Å². The summed E-state index contributed by atoms with van der Waals surface area (Å²) in [6, 6.07) is 21.3. The first-order valence-electron chi connectivity index (χ1n) is 11.2. The van der Waals surface area contributed by atoms with Gasteiger partial charge >= 0.3 is 0 Å². The highest BCUT2D eigenvalue weighted by Crippen LogP contribution is 2.31. The summed E-state index contributed by atoms with van der Waals surface area (Å²) in [5, 5.41) is 0. The second-order valence-electron chi connectivity index (χ2n) is 9.43. The molecule has 1 amide bonds. The van der Waals surface area contributed by atoms with Gasteiger partial charge in [0.25, 0.3) is 0 Å². The molecule has 2 aromatic carbocycles. The fourth-order valence-corrected chi connectivity index (χ4v) is 5.25. The van der Waals surface area contributed by atoms with Crippen molar-refractivity contribution in [2.24, 2.45) is 23.7 Å². The average molecular weight is 391 g/mol. The fourth-order valence-electron chi connectivity index (χ4n) is 5.25. The van der Waals surface area contributed by atoms with E-state index in [1.807, 2.05) is 6.07 Å². The number of fused-ring (bicyclic) bond motifs is 2. The van der Waals surface area contributed by atoms with E-state index in [0.717, 1.165) is 39.1 Å². The number of nitrogens with zero attached hydrogens (tertiary/aromatic N) is 2. The molecular weight excluding hydrogens is 356 g/mol. The summed E-state index contributed by atoms with van der Waals surface area (Å²) in [7, 11) is 0. The van der Waals surface area contributed by atoms with E-state index in [-0.39, 0.29) is 5.92 Å². The van der Waals surface area contributed by atoms with E-state index in [0.29, 0.717) is 23.7 Å². The molecule has 0 radical (unpaired) electrons. The summed E-state index contributed by atoms with van der Waals surface area (Å²) >= 11 is 0. The predicted octanol–water partition coefficient (Wildman–Crippen LogP) is 4.48. The largest absolute Gasteiger partial charge is 0.342 e. The van der Waals surface area contributed by atoms with Crippen LogP contribution in [0.2, 0.25) is 0 Å². The van der Waals surface area contributed by atoms with Gasteiger partial charge in [0.1, 0.15) is 0 Å². The molecule has 2 fully saturated rings. The number of hydrogen-bond acceptors (Lipinski definition) is 2. The van der Waals surface area contributed by atoms with Gasteiger partial charge in [-0.05, 0) is 41.7 Å². The zero-order chi connectivity index (χ0) is 20.2. The van der Waals surface area contributed by atoms with Crippen molar-refractivity contribution in [3.63, 3.8) is 0 Å². The summed E-state index contributed by atoms with van der Waals surface area (Å²) in [5.74, 6) is 2.03. The molecule has 0 aromatic heterocycles. The quantitative estimate of drug-likeness (QED) is 0.726. The van der Waals surface area contributed by atoms with Crippen molar-refractivity contribution in [1.82, 2.24) is 9.80 Å². The lowest BCUT2D eigenvalue weighted by Gasteiger charge is -2.46. The molecule has 2 heterocycles. The second-order valence-corrected chi connectivity index (χ2v) is 9.43. The van der Waals surface area contributed by atoms with Crippen molar-refractivity contribution in [2.75, 3.05) is 26.2 Å². The van der Waals surface area contributed by atoms with Crippen molar-refractivity contribution >= 4 is 5.91 Å². The summed E-state index contributed by atoms with van der Waals surface area (Å²) in [4.78, 5) is 18.3. The molecule has 3 atom stereocenters. The van der Waals surface area contributed by atoms with Crippen LogP contribution in [0.15, 0.2) is 60.7 Å². The third kappa shape index (κ3) is 5.08. The van der Waals surface area contributed by atoms with E-state index in [4.69, 9.17) is 0 Å². The van der Waals surface area contributed by atoms with Gasteiger partial charge in [0.15, 0.2) is 0 Å². The Kier molecular flexibility index (Phi) is 6.34. The third-order valence-corrected chi connectivity index (χ3v) is 6.64. The Bertz CT molecular complexity index is 775. The number of benzene rings is 2. The second kappa shape index (κ2) is 9.13. The highest BCUT2D eigenvalue weighted by atomic mass is 16.2. The van der Waals surface area contributed by atoms with Crippen LogP contribution in [0.1, 0.15) is 31.4 Å². The number of carbonyl (C=O) groups excluding carboxylic acids is 1. The van der Waals surface area contributed by atoms with Crippen LogP contribution >= 0.6 is 0 Å². The molecule has 0 spiro atoms. The zero-order valence-corrected chi connectivity index (χ0v) is 17.8. The van der Waals surface area contributed by atoms with Gasteiger partial charge in [0.2, 0.25) is 5.91 Å². The van der Waals surface area contributed by atoms with Crippen LogP contribution in [0, 0.1) is 23.7 Å². The Morgan fingerprint density at radius 3 is 1.97 bits per heavy atom. The molecular formula is C26H34N2O. The van der Waals surface area contributed by atoms with E-state index in [1.165, 1.54) is 17.5 Å². The molecule has 154 valence electrons. The first-order valence-corrected chi connectivity index (χ1v) is 11.2. The van der Waals surface area contributed by atoms with E-state index in [2.05, 4.69) is 78.2 Å². The van der Waals surface area contributed by atoms with Gasteiger partial charge in [-0.1, -0.05) is 74.5 Å². The Morgan fingerprint density at radius 1 is 0.862 bits per heavy atom. The summed E-state index contributed by atoms with van der Waals surface area (Å²) in [5.41, 5.74) is 2.66. The van der Waals surface area contributed by atoms with Crippen molar-refractivity contribution in [2.45, 2.75) is 33.2 Å². The van der Waals surface area contributed by atoms with Gasteiger partial charge in [-0.15, -0.1) is 0 Å². The predicted molar refractivity (Wildman–Crippen MR) is 118 cm³/mol. The number of piperidine rings is 2. The number of hydrogen-bond donors (Lipinski definition) is 0. The normalized spacial score (nSPS) is 23.2. The van der Waals surface area contributed by atoms with Gasteiger partial charge in [-0.3, -0.25) is 9.69 Å². The Morgan fingerprint density at radius 2 is 1.41 bits per heavy atom.